The molecule has 3 unspecified atom stereocenters. The maximum Gasteiger partial charge on any atom is 0.310 e. The van der Waals surface area contributed by atoms with Crippen LogP contribution in [0.4, 0.5) is 11.5 Å². The highest BCUT2D eigenvalue weighted by Gasteiger charge is 2.42. The molecule has 4 aliphatic rings. The van der Waals surface area contributed by atoms with Gasteiger partial charge in [-0.25, -0.2) is 4.68 Å². The SMILES string of the molecule is C=C1/C(=C2/CCCN/C2=C\CCC)OC2=C(C=C(CCCCC)C(C)C2CCCC)C1OC(=O)C/C=C\C(=C/C(C)C)C(=O)NCc1cccc(-n2nc(C)cc2Nc2ccc(OCCN3CCOCC3)c3ccccc23)c1. The van der Waals surface area contributed by atoms with Crippen LogP contribution < -0.4 is 20.7 Å². The first-order valence-corrected chi connectivity index (χ1v) is 29.2. The van der Waals surface area contributed by atoms with Crippen LogP contribution in [0.5, 0.6) is 5.75 Å². The average molecular weight is 1060 g/mol. The zero-order chi connectivity index (χ0) is 55.0. The summed E-state index contributed by atoms with van der Waals surface area (Å²) >= 11 is 0. The van der Waals surface area contributed by atoms with Crippen molar-refractivity contribution in [1.82, 2.24) is 25.3 Å². The van der Waals surface area contributed by atoms with Crippen molar-refractivity contribution in [2.24, 2.45) is 17.8 Å². The van der Waals surface area contributed by atoms with Crippen molar-refractivity contribution in [3.8, 4) is 11.4 Å². The smallest absolute Gasteiger partial charge is 0.310 e. The molecule has 3 atom stereocenters. The fraction of sp³-hybridized carbons (Fsp3) is 0.470. The van der Waals surface area contributed by atoms with Crippen LogP contribution in [0, 0.1) is 24.7 Å². The number of anilines is 2. The van der Waals surface area contributed by atoms with E-state index in [0.29, 0.717) is 23.7 Å². The number of hydrogen-bond donors (Lipinski definition) is 3. The van der Waals surface area contributed by atoms with Crippen molar-refractivity contribution >= 4 is 34.2 Å². The lowest BCUT2D eigenvalue weighted by atomic mass is 9.73. The molecule has 0 saturated carbocycles. The van der Waals surface area contributed by atoms with Gasteiger partial charge in [-0.1, -0.05) is 153 Å². The summed E-state index contributed by atoms with van der Waals surface area (Å²) in [6.07, 6.45) is 20.7. The van der Waals surface area contributed by atoms with Gasteiger partial charge in [-0.05, 0) is 87.1 Å². The predicted molar refractivity (Wildman–Crippen MR) is 316 cm³/mol. The highest BCUT2D eigenvalue weighted by Crippen LogP contribution is 2.48. The van der Waals surface area contributed by atoms with Gasteiger partial charge in [-0.3, -0.25) is 14.5 Å². The Morgan fingerprint density at radius 3 is 2.56 bits per heavy atom. The van der Waals surface area contributed by atoms with Crippen molar-refractivity contribution in [1.29, 1.82) is 0 Å². The number of nitrogens with one attached hydrogen (secondary N) is 3. The number of carbonyl (C=O) groups is 2. The molecule has 8 rings (SSSR count). The van der Waals surface area contributed by atoms with Crippen LogP contribution in [0.2, 0.25) is 0 Å². The number of allylic oxidation sites excluding steroid dienone is 5. The molecule has 0 radical (unpaired) electrons. The number of ether oxygens (including phenoxy) is 4. The summed E-state index contributed by atoms with van der Waals surface area (Å²) < 4.78 is 27.4. The number of carbonyl (C=O) groups excluding carboxylic acids is 2. The monoisotopic (exact) mass is 1060 g/mol. The minimum absolute atomic E-state index is 0.0153. The van der Waals surface area contributed by atoms with Crippen LogP contribution in [-0.2, 0) is 30.3 Å². The van der Waals surface area contributed by atoms with Gasteiger partial charge in [-0.15, -0.1) is 0 Å². The molecule has 1 aromatic heterocycles. The Morgan fingerprint density at radius 1 is 0.974 bits per heavy atom. The molecular formula is C66H86N6O6. The first-order valence-electron chi connectivity index (χ1n) is 29.2. The molecule has 12 heteroatoms. The van der Waals surface area contributed by atoms with Gasteiger partial charge in [0, 0.05) is 89.2 Å². The molecule has 12 nitrogen and oxygen atoms in total. The Bertz CT molecular complexity index is 2930. The van der Waals surface area contributed by atoms with Crippen molar-refractivity contribution in [3.05, 3.63) is 160 Å². The molecule has 416 valence electrons. The van der Waals surface area contributed by atoms with Crippen molar-refractivity contribution in [2.75, 3.05) is 51.3 Å². The summed E-state index contributed by atoms with van der Waals surface area (Å²) in [7, 11) is 0. The molecule has 1 amide bonds. The number of amides is 1. The molecule has 3 N–H and O–H groups in total. The Hall–Kier alpha value is -6.63. The van der Waals surface area contributed by atoms with Crippen LogP contribution in [0.15, 0.2) is 149 Å². The lowest BCUT2D eigenvalue weighted by molar-refractivity contribution is -0.145. The summed E-state index contributed by atoms with van der Waals surface area (Å²) in [6.45, 7) is 25.7. The maximum absolute atomic E-state index is 14.2. The topological polar surface area (TPSA) is 128 Å². The van der Waals surface area contributed by atoms with Gasteiger partial charge < -0.3 is 34.9 Å². The molecule has 4 heterocycles. The molecular weight excluding hydrogens is 973 g/mol. The van der Waals surface area contributed by atoms with E-state index in [2.05, 4.69) is 85.5 Å². The first-order chi connectivity index (χ1) is 38.0. The van der Waals surface area contributed by atoms with Gasteiger partial charge in [0.15, 0.2) is 6.10 Å². The molecule has 2 saturated heterocycles. The normalized spacial score (nSPS) is 20.7. The number of morpholine rings is 1. The van der Waals surface area contributed by atoms with E-state index < -0.39 is 6.10 Å². The van der Waals surface area contributed by atoms with E-state index in [9.17, 15) is 9.59 Å². The standard InChI is InChI=1S/C66H86N6O6/c1-9-12-15-22-50-43-57-64(48(8)63(56-28-20-33-67-58(56)29-14-11-3)78-65(57)53(47(50)7)25-13-10-2)77-62(73)30-19-23-51(40-45(4)5)66(74)68-44-49-21-18-24-52(42-49)72-61(41-46(6)70-72)69-59-31-32-60(55-27-17-16-26-54(55)59)76-39-36-71-34-37-75-38-35-71/h16-19,21,23-24,26-27,29,31-32,40-43,45,47,53,64,67,69H,8-15,20,22,25,28,30,33-39,44H2,1-7H3,(H,68,74)/b23-19-,51-40+,58-29-,63-56+. The Kier molecular flexibility index (Phi) is 20.9. The Morgan fingerprint density at radius 2 is 1.78 bits per heavy atom. The number of hydrogen-bond acceptors (Lipinski definition) is 10. The summed E-state index contributed by atoms with van der Waals surface area (Å²) in [5, 5.41) is 17.4. The minimum atomic E-state index is -0.686. The van der Waals surface area contributed by atoms with E-state index >= 15 is 0 Å². The lowest BCUT2D eigenvalue weighted by Gasteiger charge is -2.41. The number of fused-ring (bicyclic) bond motifs is 1. The Labute approximate surface area is 464 Å². The van der Waals surface area contributed by atoms with Crippen molar-refractivity contribution < 1.29 is 28.5 Å². The number of nitrogens with zero attached hydrogens (tertiary/aromatic N) is 3. The average Bonchev–Trinajstić information content (AvgIpc) is 3.99. The van der Waals surface area contributed by atoms with Gasteiger partial charge in [0.2, 0.25) is 0 Å². The molecule has 3 aliphatic heterocycles. The van der Waals surface area contributed by atoms with Crippen LogP contribution in [-0.4, -0.2) is 78.7 Å². The number of piperidine rings is 1. The van der Waals surface area contributed by atoms with E-state index in [1.54, 1.807) is 12.2 Å². The number of esters is 1. The van der Waals surface area contributed by atoms with Crippen molar-refractivity contribution in [2.45, 2.75) is 138 Å². The van der Waals surface area contributed by atoms with Gasteiger partial charge in [-0.2, -0.15) is 5.10 Å². The van der Waals surface area contributed by atoms with Crippen molar-refractivity contribution in [3.63, 3.8) is 0 Å². The second-order valence-corrected chi connectivity index (χ2v) is 21.8. The van der Waals surface area contributed by atoms with Crippen LogP contribution in [0.3, 0.4) is 0 Å². The zero-order valence-electron chi connectivity index (χ0n) is 47.7. The maximum atomic E-state index is 14.2. The zero-order valence-corrected chi connectivity index (χ0v) is 47.7. The number of rotatable bonds is 24. The number of unbranched alkanes of at least 4 members (excludes halogenated alkanes) is 4. The molecule has 1 aliphatic carbocycles. The second-order valence-electron chi connectivity index (χ2n) is 21.8. The first kappa shape index (κ1) is 57.5. The van der Waals surface area contributed by atoms with Gasteiger partial charge >= 0.3 is 5.97 Å². The third kappa shape index (κ3) is 14.7. The molecule has 78 heavy (non-hydrogen) atoms. The van der Waals surface area contributed by atoms with E-state index in [0.717, 1.165) is 177 Å². The summed E-state index contributed by atoms with van der Waals surface area (Å²) in [6, 6.07) is 22.5. The Balaban J connectivity index is 0.957. The molecule has 2 fully saturated rings. The molecule has 0 bridgehead atoms. The molecule has 0 spiro atoms. The van der Waals surface area contributed by atoms with Crippen LogP contribution in [0.1, 0.15) is 130 Å². The van der Waals surface area contributed by atoms with Crippen LogP contribution >= 0.6 is 0 Å². The second kappa shape index (κ2) is 28.3. The van der Waals surface area contributed by atoms with E-state index in [4.69, 9.17) is 24.0 Å². The largest absolute Gasteiger partial charge is 0.492 e. The lowest BCUT2D eigenvalue weighted by Crippen LogP contribution is -2.38. The fourth-order valence-electron chi connectivity index (χ4n) is 11.1. The number of benzene rings is 3. The molecule has 3 aromatic carbocycles. The minimum Gasteiger partial charge on any atom is -0.492 e. The quantitative estimate of drug-likeness (QED) is 0.0270. The van der Waals surface area contributed by atoms with Gasteiger partial charge in [0.05, 0.1) is 31.0 Å². The third-order valence-electron chi connectivity index (χ3n) is 15.3. The third-order valence-corrected chi connectivity index (χ3v) is 15.3. The summed E-state index contributed by atoms with van der Waals surface area (Å²) in [4.78, 5) is 30.6. The number of aryl methyl sites for hydroxylation is 1. The van der Waals surface area contributed by atoms with E-state index in [1.807, 2.05) is 80.1 Å². The summed E-state index contributed by atoms with van der Waals surface area (Å²) in [5.41, 5.74) is 9.25. The van der Waals surface area contributed by atoms with Gasteiger partial charge in [0.1, 0.15) is 29.7 Å². The summed E-state index contributed by atoms with van der Waals surface area (Å²) in [5.74, 6) is 3.28. The van der Waals surface area contributed by atoms with Gasteiger partial charge in [0.25, 0.3) is 5.91 Å². The highest BCUT2D eigenvalue weighted by molar-refractivity contribution is 5.99. The van der Waals surface area contributed by atoms with E-state index in [1.165, 1.54) is 12.0 Å². The van der Waals surface area contributed by atoms with E-state index in [-0.39, 0.29) is 36.7 Å². The molecule has 4 aromatic rings. The highest BCUT2D eigenvalue weighted by atomic mass is 16.6. The predicted octanol–water partition coefficient (Wildman–Crippen LogP) is 14.0. The van der Waals surface area contributed by atoms with Crippen LogP contribution in [0.25, 0.3) is 16.5 Å². The fourth-order valence-corrected chi connectivity index (χ4v) is 11.1. The number of aromatic nitrogens is 2.